The summed E-state index contributed by atoms with van der Waals surface area (Å²) in [5.41, 5.74) is 0.936. The topological polar surface area (TPSA) is 52.9 Å². The average molecular weight is 295 g/mol. The monoisotopic (exact) mass is 294 g/mol. The van der Waals surface area contributed by atoms with Gasteiger partial charge in [0.15, 0.2) is 0 Å². The molecule has 17 heavy (non-hydrogen) atoms. The normalized spacial score (nSPS) is 11.9. The molecule has 0 aliphatic rings. The van der Waals surface area contributed by atoms with Gasteiger partial charge < -0.3 is 5.32 Å². The van der Waals surface area contributed by atoms with Crippen molar-refractivity contribution in [2.24, 2.45) is 5.92 Å². The molecule has 90 valence electrons. The van der Waals surface area contributed by atoms with Crippen molar-refractivity contribution in [2.75, 3.05) is 0 Å². The molecule has 1 aromatic carbocycles. The fourth-order valence-corrected chi connectivity index (χ4v) is 1.62. The molecule has 0 spiro atoms. The van der Waals surface area contributed by atoms with Crippen molar-refractivity contribution < 1.29 is 4.79 Å². The number of rotatable bonds is 4. The highest BCUT2D eigenvalue weighted by atomic mass is 79.9. The van der Waals surface area contributed by atoms with Crippen molar-refractivity contribution in [1.29, 1.82) is 5.26 Å². The number of halogens is 1. The fourth-order valence-electron chi connectivity index (χ4n) is 1.36. The molecule has 3 nitrogen and oxygen atoms in total. The molecule has 1 unspecified atom stereocenters. The molecule has 4 heteroatoms. The summed E-state index contributed by atoms with van der Waals surface area (Å²) in [6.45, 7) is 3.82. The van der Waals surface area contributed by atoms with Crippen LogP contribution in [0.15, 0.2) is 28.7 Å². The maximum absolute atomic E-state index is 11.7. The zero-order valence-electron chi connectivity index (χ0n) is 9.90. The Balaban J connectivity index is 2.55. The summed E-state index contributed by atoms with van der Waals surface area (Å²) >= 11 is 3.34. The van der Waals surface area contributed by atoms with Crippen molar-refractivity contribution in [1.82, 2.24) is 5.32 Å². The van der Waals surface area contributed by atoms with Crippen molar-refractivity contribution in [3.63, 3.8) is 0 Å². The smallest absolute Gasteiger partial charge is 0.225 e. The second-order valence-corrected chi connectivity index (χ2v) is 5.14. The number of hydrogen-bond acceptors (Lipinski definition) is 2. The molecule has 1 atom stereocenters. The van der Waals surface area contributed by atoms with E-state index in [-0.39, 0.29) is 11.8 Å². The Kier molecular flexibility index (Phi) is 5.17. The fraction of sp³-hybridized carbons (Fsp3) is 0.385. The van der Waals surface area contributed by atoms with Crippen LogP contribution >= 0.6 is 15.9 Å². The second-order valence-electron chi connectivity index (χ2n) is 4.22. The first-order valence-electron chi connectivity index (χ1n) is 5.46. The zero-order valence-corrected chi connectivity index (χ0v) is 11.5. The van der Waals surface area contributed by atoms with Crippen molar-refractivity contribution in [2.45, 2.75) is 26.3 Å². The molecule has 0 heterocycles. The molecule has 1 N–H and O–H groups in total. The minimum absolute atomic E-state index is 0.118. The first kappa shape index (κ1) is 13.7. The average Bonchev–Trinajstić information content (AvgIpc) is 2.28. The number of carbonyl (C=O) groups is 1. The molecule has 0 fully saturated rings. The minimum atomic E-state index is -0.419. The molecule has 0 aliphatic carbocycles. The quantitative estimate of drug-likeness (QED) is 0.928. The van der Waals surface area contributed by atoms with Gasteiger partial charge in [-0.3, -0.25) is 4.79 Å². The third kappa shape index (κ3) is 4.58. The van der Waals surface area contributed by atoms with Crippen molar-refractivity contribution in [3.8, 4) is 6.07 Å². The largest absolute Gasteiger partial charge is 0.340 e. The van der Waals surface area contributed by atoms with Crippen LogP contribution < -0.4 is 5.32 Å². The van der Waals surface area contributed by atoms with Gasteiger partial charge in [-0.2, -0.15) is 5.26 Å². The number of nitrogens with zero attached hydrogens (tertiary/aromatic N) is 1. The van der Waals surface area contributed by atoms with E-state index in [1.54, 1.807) is 0 Å². The molecular formula is C13H15BrN2O. The standard InChI is InChI=1S/C13H15BrN2O/c1-9(2)12(8-15)16-13(17)7-10-3-5-11(14)6-4-10/h3-6,9,12H,7H2,1-2H3,(H,16,17). The first-order valence-corrected chi connectivity index (χ1v) is 6.25. The second kappa shape index (κ2) is 6.41. The number of nitrogens with one attached hydrogen (secondary N) is 1. The van der Waals surface area contributed by atoms with Gasteiger partial charge in [-0.15, -0.1) is 0 Å². The van der Waals surface area contributed by atoms with Gasteiger partial charge in [0.05, 0.1) is 12.5 Å². The summed E-state index contributed by atoms with van der Waals surface area (Å²) in [5, 5.41) is 11.6. The molecular weight excluding hydrogens is 280 g/mol. The number of benzene rings is 1. The van der Waals surface area contributed by atoms with Crippen LogP contribution in [-0.2, 0) is 11.2 Å². The van der Waals surface area contributed by atoms with Crippen LogP contribution in [0, 0.1) is 17.2 Å². The summed E-state index contributed by atoms with van der Waals surface area (Å²) < 4.78 is 0.985. The molecule has 1 amide bonds. The molecule has 0 aliphatic heterocycles. The van der Waals surface area contributed by atoms with Gasteiger partial charge in [-0.1, -0.05) is 41.9 Å². The van der Waals surface area contributed by atoms with Crippen molar-refractivity contribution >= 4 is 21.8 Å². The Hall–Kier alpha value is -1.34. The van der Waals surface area contributed by atoms with E-state index < -0.39 is 6.04 Å². The van der Waals surface area contributed by atoms with E-state index in [4.69, 9.17) is 5.26 Å². The predicted octanol–water partition coefficient (Wildman–Crippen LogP) is 2.66. The highest BCUT2D eigenvalue weighted by molar-refractivity contribution is 9.10. The van der Waals surface area contributed by atoms with Crippen LogP contribution in [0.5, 0.6) is 0 Å². The minimum Gasteiger partial charge on any atom is -0.340 e. The predicted molar refractivity (Wildman–Crippen MR) is 70.2 cm³/mol. The zero-order chi connectivity index (χ0) is 12.8. The summed E-state index contributed by atoms with van der Waals surface area (Å²) in [6, 6.07) is 9.24. The molecule has 0 saturated carbocycles. The van der Waals surface area contributed by atoms with Crippen LogP contribution in [0.25, 0.3) is 0 Å². The maximum Gasteiger partial charge on any atom is 0.225 e. The Labute approximate surface area is 110 Å². The third-order valence-corrected chi connectivity index (χ3v) is 2.93. The molecule has 1 aromatic rings. The third-order valence-electron chi connectivity index (χ3n) is 2.40. The van der Waals surface area contributed by atoms with Gasteiger partial charge in [0, 0.05) is 4.47 Å². The molecule has 0 aromatic heterocycles. The Morgan fingerprint density at radius 3 is 2.47 bits per heavy atom. The Bertz CT molecular complexity index is 420. The summed E-state index contributed by atoms with van der Waals surface area (Å²) in [7, 11) is 0. The lowest BCUT2D eigenvalue weighted by Crippen LogP contribution is -2.38. The van der Waals surface area contributed by atoms with Crippen LogP contribution in [0.1, 0.15) is 19.4 Å². The number of hydrogen-bond donors (Lipinski definition) is 1. The lowest BCUT2D eigenvalue weighted by molar-refractivity contribution is -0.121. The maximum atomic E-state index is 11.7. The van der Waals surface area contributed by atoms with Crippen molar-refractivity contribution in [3.05, 3.63) is 34.3 Å². The van der Waals surface area contributed by atoms with Crippen LogP contribution in [0.3, 0.4) is 0 Å². The first-order chi connectivity index (χ1) is 8.02. The molecule has 0 saturated heterocycles. The summed E-state index contributed by atoms with van der Waals surface area (Å²) in [5.74, 6) is 0.00133. The number of nitriles is 1. The number of carbonyl (C=O) groups excluding carboxylic acids is 1. The van der Waals surface area contributed by atoms with Gasteiger partial charge >= 0.3 is 0 Å². The molecule has 0 radical (unpaired) electrons. The summed E-state index contributed by atoms with van der Waals surface area (Å²) in [6.07, 6.45) is 0.304. The van der Waals surface area contributed by atoms with Crippen LogP contribution in [0.4, 0.5) is 0 Å². The van der Waals surface area contributed by atoms with E-state index in [0.717, 1.165) is 10.0 Å². The van der Waals surface area contributed by atoms with Gasteiger partial charge in [0.2, 0.25) is 5.91 Å². The van der Waals surface area contributed by atoms with Gasteiger partial charge in [-0.25, -0.2) is 0 Å². The van der Waals surface area contributed by atoms with Crippen LogP contribution in [-0.4, -0.2) is 11.9 Å². The SMILES string of the molecule is CC(C)C(C#N)NC(=O)Cc1ccc(Br)cc1. The van der Waals surface area contributed by atoms with E-state index in [0.29, 0.717) is 6.42 Å². The van der Waals surface area contributed by atoms with E-state index >= 15 is 0 Å². The lowest BCUT2D eigenvalue weighted by atomic mass is 10.1. The Morgan fingerprint density at radius 1 is 1.41 bits per heavy atom. The Morgan fingerprint density at radius 2 is 2.00 bits per heavy atom. The lowest BCUT2D eigenvalue weighted by Gasteiger charge is -2.14. The number of amides is 1. The van der Waals surface area contributed by atoms with E-state index in [9.17, 15) is 4.79 Å². The van der Waals surface area contributed by atoms with Gasteiger partial charge in [0.25, 0.3) is 0 Å². The molecule has 1 rings (SSSR count). The van der Waals surface area contributed by atoms with Gasteiger partial charge in [-0.05, 0) is 23.6 Å². The highest BCUT2D eigenvalue weighted by Crippen LogP contribution is 2.11. The van der Waals surface area contributed by atoms with E-state index in [1.165, 1.54) is 0 Å². The molecule has 0 bridgehead atoms. The van der Waals surface area contributed by atoms with E-state index in [2.05, 4.69) is 27.3 Å². The highest BCUT2D eigenvalue weighted by Gasteiger charge is 2.15. The summed E-state index contributed by atoms with van der Waals surface area (Å²) in [4.78, 5) is 11.7. The van der Waals surface area contributed by atoms with Crippen LogP contribution in [0.2, 0.25) is 0 Å². The van der Waals surface area contributed by atoms with Gasteiger partial charge in [0.1, 0.15) is 6.04 Å². The van der Waals surface area contributed by atoms with E-state index in [1.807, 2.05) is 38.1 Å².